The molecule has 0 saturated carbocycles. The van der Waals surface area contributed by atoms with Gasteiger partial charge in [0.25, 0.3) is 0 Å². The number of nitrogens with one attached hydrogen (secondary N) is 1. The highest BCUT2D eigenvalue weighted by molar-refractivity contribution is 5.44. The summed E-state index contributed by atoms with van der Waals surface area (Å²) in [4.78, 5) is 0. The number of phenolic OH excluding ortho intramolecular Hbond substituents is 1. The zero-order chi connectivity index (χ0) is 11.1. The van der Waals surface area contributed by atoms with E-state index in [2.05, 4.69) is 26.1 Å². The molecule has 1 unspecified atom stereocenters. The highest BCUT2D eigenvalue weighted by Crippen LogP contribution is 2.36. The molecule has 82 valence electrons. The van der Waals surface area contributed by atoms with Crippen LogP contribution in [0.2, 0.25) is 0 Å². The van der Waals surface area contributed by atoms with Gasteiger partial charge in [0, 0.05) is 5.54 Å². The van der Waals surface area contributed by atoms with Crippen LogP contribution in [0.1, 0.15) is 36.5 Å². The van der Waals surface area contributed by atoms with E-state index in [9.17, 15) is 5.11 Å². The number of aryl methyl sites for hydroxylation is 2. The van der Waals surface area contributed by atoms with E-state index >= 15 is 0 Å². The molecule has 2 nitrogen and oxygen atoms in total. The van der Waals surface area contributed by atoms with Crippen LogP contribution in [0, 0.1) is 13.8 Å². The molecular formula is C13H19NO. The van der Waals surface area contributed by atoms with Gasteiger partial charge in [-0.2, -0.15) is 0 Å². The van der Waals surface area contributed by atoms with Gasteiger partial charge in [-0.3, -0.25) is 0 Å². The third kappa shape index (κ3) is 1.74. The fraction of sp³-hybridized carbons (Fsp3) is 0.538. The molecule has 2 N–H and O–H groups in total. The molecule has 1 aromatic carbocycles. The molecule has 1 fully saturated rings. The molecule has 1 atom stereocenters. The third-order valence-corrected chi connectivity index (χ3v) is 3.44. The van der Waals surface area contributed by atoms with E-state index in [1.807, 2.05) is 12.1 Å². The van der Waals surface area contributed by atoms with Crippen LogP contribution >= 0.6 is 0 Å². The molecule has 0 spiro atoms. The van der Waals surface area contributed by atoms with Crippen LogP contribution in [0.5, 0.6) is 5.75 Å². The van der Waals surface area contributed by atoms with Crippen molar-refractivity contribution in [2.45, 2.75) is 39.2 Å². The number of rotatable bonds is 1. The van der Waals surface area contributed by atoms with Crippen LogP contribution in [0.25, 0.3) is 0 Å². The van der Waals surface area contributed by atoms with Gasteiger partial charge in [-0.1, -0.05) is 0 Å². The lowest BCUT2D eigenvalue weighted by Crippen LogP contribution is -2.34. The summed E-state index contributed by atoms with van der Waals surface area (Å²) in [6.07, 6.45) is 2.41. The summed E-state index contributed by atoms with van der Waals surface area (Å²) < 4.78 is 0. The predicted octanol–water partition coefficient (Wildman–Crippen LogP) is 2.61. The van der Waals surface area contributed by atoms with Crippen LogP contribution in [0.15, 0.2) is 12.1 Å². The molecule has 1 aromatic rings. The Morgan fingerprint density at radius 1 is 1.27 bits per heavy atom. The van der Waals surface area contributed by atoms with Gasteiger partial charge in [-0.25, -0.2) is 0 Å². The summed E-state index contributed by atoms with van der Waals surface area (Å²) in [5.74, 6) is 0.371. The lowest BCUT2D eigenvalue weighted by Gasteiger charge is -2.29. The zero-order valence-corrected chi connectivity index (χ0v) is 9.72. The molecule has 0 aromatic heterocycles. The number of benzene rings is 1. The fourth-order valence-electron chi connectivity index (χ4n) is 2.92. The van der Waals surface area contributed by atoms with Crippen molar-refractivity contribution in [3.05, 3.63) is 28.8 Å². The zero-order valence-electron chi connectivity index (χ0n) is 9.72. The second kappa shape index (κ2) is 3.53. The van der Waals surface area contributed by atoms with Crippen molar-refractivity contribution in [2.24, 2.45) is 0 Å². The van der Waals surface area contributed by atoms with Gasteiger partial charge in [-0.05, 0) is 69.0 Å². The summed E-state index contributed by atoms with van der Waals surface area (Å²) in [7, 11) is 0. The largest absolute Gasteiger partial charge is 0.508 e. The van der Waals surface area contributed by atoms with Crippen LogP contribution in [0.4, 0.5) is 0 Å². The first-order valence-corrected chi connectivity index (χ1v) is 5.59. The molecule has 0 radical (unpaired) electrons. The molecule has 2 heteroatoms. The Morgan fingerprint density at radius 2 is 1.87 bits per heavy atom. The van der Waals surface area contributed by atoms with Crippen molar-refractivity contribution in [1.82, 2.24) is 5.32 Å². The molecule has 1 heterocycles. The summed E-state index contributed by atoms with van der Waals surface area (Å²) in [6.45, 7) is 7.50. The number of hydrogen-bond acceptors (Lipinski definition) is 2. The monoisotopic (exact) mass is 205 g/mol. The Bertz CT molecular complexity index is 355. The van der Waals surface area contributed by atoms with Crippen molar-refractivity contribution >= 4 is 0 Å². The maximum atomic E-state index is 9.52. The van der Waals surface area contributed by atoms with Crippen molar-refractivity contribution in [1.29, 1.82) is 0 Å². The van der Waals surface area contributed by atoms with E-state index in [1.165, 1.54) is 29.5 Å². The molecule has 2 rings (SSSR count). The van der Waals surface area contributed by atoms with E-state index < -0.39 is 0 Å². The standard InChI is InChI=1S/C13H19NO/c1-9-7-11(15)8-10(2)12(9)13(3)5-4-6-14-13/h7-8,14-15H,4-6H2,1-3H3. The van der Waals surface area contributed by atoms with Crippen LogP contribution in [-0.4, -0.2) is 11.7 Å². The molecule has 1 aliphatic heterocycles. The molecule has 0 amide bonds. The first-order chi connectivity index (χ1) is 7.03. The van der Waals surface area contributed by atoms with Gasteiger partial charge < -0.3 is 10.4 Å². The predicted molar refractivity (Wildman–Crippen MR) is 62.2 cm³/mol. The van der Waals surface area contributed by atoms with Gasteiger partial charge >= 0.3 is 0 Å². The summed E-state index contributed by atoms with van der Waals surface area (Å²) in [5, 5.41) is 13.1. The minimum atomic E-state index is 0.0991. The van der Waals surface area contributed by atoms with E-state index in [0.717, 1.165) is 6.54 Å². The second-order valence-corrected chi connectivity index (χ2v) is 4.82. The quantitative estimate of drug-likeness (QED) is 0.738. The van der Waals surface area contributed by atoms with Crippen LogP contribution in [0.3, 0.4) is 0 Å². The Hall–Kier alpha value is -1.02. The van der Waals surface area contributed by atoms with Crippen molar-refractivity contribution in [3.8, 4) is 5.75 Å². The summed E-state index contributed by atoms with van der Waals surface area (Å²) in [6, 6.07) is 3.71. The van der Waals surface area contributed by atoms with Crippen molar-refractivity contribution in [3.63, 3.8) is 0 Å². The third-order valence-electron chi connectivity index (χ3n) is 3.44. The van der Waals surface area contributed by atoms with Gasteiger partial charge in [0.1, 0.15) is 5.75 Å². The van der Waals surface area contributed by atoms with Gasteiger partial charge in [0.2, 0.25) is 0 Å². The first kappa shape index (κ1) is 10.5. The average molecular weight is 205 g/mol. The topological polar surface area (TPSA) is 32.3 Å². The lowest BCUT2D eigenvalue weighted by atomic mass is 9.84. The Labute approximate surface area is 91.3 Å². The number of hydrogen-bond donors (Lipinski definition) is 2. The van der Waals surface area contributed by atoms with Gasteiger partial charge in [0.05, 0.1) is 0 Å². The first-order valence-electron chi connectivity index (χ1n) is 5.59. The van der Waals surface area contributed by atoms with Crippen molar-refractivity contribution < 1.29 is 5.11 Å². The minimum Gasteiger partial charge on any atom is -0.508 e. The second-order valence-electron chi connectivity index (χ2n) is 4.82. The van der Waals surface area contributed by atoms with Gasteiger partial charge in [-0.15, -0.1) is 0 Å². The van der Waals surface area contributed by atoms with Crippen LogP contribution in [-0.2, 0) is 5.54 Å². The highest BCUT2D eigenvalue weighted by Gasteiger charge is 2.32. The Balaban J connectivity index is 2.52. The van der Waals surface area contributed by atoms with Gasteiger partial charge in [0.15, 0.2) is 0 Å². The highest BCUT2D eigenvalue weighted by atomic mass is 16.3. The summed E-state index contributed by atoms with van der Waals surface area (Å²) >= 11 is 0. The minimum absolute atomic E-state index is 0.0991. The van der Waals surface area contributed by atoms with E-state index in [4.69, 9.17) is 0 Å². The molecule has 0 bridgehead atoms. The average Bonchev–Trinajstić information content (AvgIpc) is 2.50. The maximum Gasteiger partial charge on any atom is 0.116 e. The Morgan fingerprint density at radius 3 is 2.33 bits per heavy atom. The molecule has 0 aliphatic carbocycles. The van der Waals surface area contributed by atoms with Crippen LogP contribution < -0.4 is 5.32 Å². The smallest absolute Gasteiger partial charge is 0.116 e. The SMILES string of the molecule is Cc1cc(O)cc(C)c1C1(C)CCCN1. The molecule has 1 saturated heterocycles. The van der Waals surface area contributed by atoms with E-state index in [-0.39, 0.29) is 5.54 Å². The maximum absolute atomic E-state index is 9.52. The summed E-state index contributed by atoms with van der Waals surface area (Å²) in [5.41, 5.74) is 3.83. The number of phenols is 1. The van der Waals surface area contributed by atoms with E-state index in [0.29, 0.717) is 5.75 Å². The van der Waals surface area contributed by atoms with Crippen molar-refractivity contribution in [2.75, 3.05) is 6.54 Å². The Kier molecular flexibility index (Phi) is 2.47. The fourth-order valence-corrected chi connectivity index (χ4v) is 2.92. The van der Waals surface area contributed by atoms with E-state index in [1.54, 1.807) is 0 Å². The molecular weight excluding hydrogens is 186 g/mol. The molecule has 1 aliphatic rings. The molecule has 15 heavy (non-hydrogen) atoms. The lowest BCUT2D eigenvalue weighted by molar-refractivity contribution is 0.427. The normalized spacial score (nSPS) is 25.8. The number of aromatic hydroxyl groups is 1.